The molecule has 5 aliphatic rings. The summed E-state index contributed by atoms with van der Waals surface area (Å²) in [5.41, 5.74) is 0.935. The van der Waals surface area contributed by atoms with Crippen molar-refractivity contribution < 1.29 is 52.5 Å². The molecule has 6 rings (SSSR count). The Morgan fingerprint density at radius 2 is 1.41 bits per heavy atom. The molecule has 0 aromatic heterocycles. The maximum atomic E-state index is 12.9. The zero-order valence-electron chi connectivity index (χ0n) is 38.7. The van der Waals surface area contributed by atoms with Gasteiger partial charge in [0.25, 0.3) is 0 Å². The van der Waals surface area contributed by atoms with E-state index < -0.39 is 50.8 Å². The van der Waals surface area contributed by atoms with E-state index in [1.54, 1.807) is 0 Å². The number of amides is 1. The van der Waals surface area contributed by atoms with E-state index in [0.717, 1.165) is 50.5 Å². The van der Waals surface area contributed by atoms with E-state index >= 15 is 0 Å². The van der Waals surface area contributed by atoms with Gasteiger partial charge < -0.3 is 53.1 Å². The third-order valence-corrected chi connectivity index (χ3v) is 15.6. The first-order valence-electron chi connectivity index (χ1n) is 23.7. The standard InChI is InChI=1S/C48H78NO11P/c1-12-20-36-41(58-46-35(16-5)33(14-3)34(15-4)37(55-46)24-49-47(51)52-25-31-21-18-17-19-22-31)30(9)45(54-36)59-43-39(50)27(6)23-28(7)40(43)57-44-29(8)32(13-2)42-38(56-44)26-53-48(60-42)61(10)11/h17-19,21-22,27-30,32-46,48,50H,10,12-16,20,23-26H2,1-9,11H3/p+1. The summed E-state index contributed by atoms with van der Waals surface area (Å²) in [7, 11) is -0.655. The first-order valence-corrected chi connectivity index (χ1v) is 25.7. The number of carbonyl (C=O) groups excluding carboxylic acids is 1. The van der Waals surface area contributed by atoms with Crippen molar-refractivity contribution in [3.63, 3.8) is 0 Å². The summed E-state index contributed by atoms with van der Waals surface area (Å²) < 4.78 is 59.6. The number of rotatable bonds is 17. The lowest BCUT2D eigenvalue weighted by Crippen LogP contribution is -2.60. The molecular formula is C48H79NO11P+. The van der Waals surface area contributed by atoms with Gasteiger partial charge in [0, 0.05) is 24.3 Å². The minimum Gasteiger partial charge on any atom is -0.445 e. The number of aliphatic hydroxyl groups excluding tert-OH is 1. The van der Waals surface area contributed by atoms with Gasteiger partial charge in [-0.3, -0.25) is 0 Å². The van der Waals surface area contributed by atoms with Gasteiger partial charge in [0.05, 0.1) is 49.5 Å². The van der Waals surface area contributed by atoms with E-state index in [9.17, 15) is 9.90 Å². The molecule has 1 amide bonds. The van der Waals surface area contributed by atoms with Crippen molar-refractivity contribution in [2.75, 3.05) is 19.8 Å². The average Bonchev–Trinajstić information content (AvgIpc) is 3.54. The van der Waals surface area contributed by atoms with Crippen LogP contribution in [0.5, 0.6) is 0 Å². The fraction of sp³-hybridized carbons (Fsp3) is 0.833. The van der Waals surface area contributed by atoms with Crippen LogP contribution in [0.2, 0.25) is 0 Å². The number of aliphatic hydroxyl groups is 1. The Balaban J connectivity index is 1.15. The van der Waals surface area contributed by atoms with Crippen molar-refractivity contribution in [3.05, 3.63) is 35.9 Å². The maximum Gasteiger partial charge on any atom is 0.407 e. The van der Waals surface area contributed by atoms with E-state index in [1.165, 1.54) is 0 Å². The van der Waals surface area contributed by atoms with Crippen LogP contribution in [0.25, 0.3) is 0 Å². The van der Waals surface area contributed by atoms with Gasteiger partial charge in [-0.1, -0.05) is 118 Å². The predicted molar refractivity (Wildman–Crippen MR) is 237 cm³/mol. The zero-order chi connectivity index (χ0) is 44.0. The van der Waals surface area contributed by atoms with E-state index in [4.69, 9.17) is 42.6 Å². The zero-order valence-corrected chi connectivity index (χ0v) is 39.6. The summed E-state index contributed by atoms with van der Waals surface area (Å²) in [4.78, 5) is 12.9. The number of benzene rings is 1. The molecule has 4 heterocycles. The van der Waals surface area contributed by atoms with Crippen LogP contribution in [0.1, 0.15) is 113 Å². The lowest BCUT2D eigenvalue weighted by molar-refractivity contribution is -0.349. The molecule has 21 unspecified atom stereocenters. The van der Waals surface area contributed by atoms with E-state index in [2.05, 4.69) is 80.6 Å². The Bertz CT molecular complexity index is 1520. The third-order valence-electron chi connectivity index (χ3n) is 14.6. The van der Waals surface area contributed by atoms with Crippen molar-refractivity contribution in [3.8, 4) is 0 Å². The van der Waals surface area contributed by atoms with Gasteiger partial charge in [-0.05, 0) is 54.4 Å². The summed E-state index contributed by atoms with van der Waals surface area (Å²) in [5, 5.41) is 14.9. The summed E-state index contributed by atoms with van der Waals surface area (Å²) in [5.74, 6) is 0.987. The van der Waals surface area contributed by atoms with Gasteiger partial charge in [-0.2, -0.15) is 0 Å². The minimum absolute atomic E-state index is 0.00998. The molecule has 1 aromatic rings. The molecule has 5 fully saturated rings. The van der Waals surface area contributed by atoms with Gasteiger partial charge in [-0.15, -0.1) is 0 Å². The molecule has 1 aromatic carbocycles. The van der Waals surface area contributed by atoms with Crippen LogP contribution < -0.4 is 5.32 Å². The lowest BCUT2D eigenvalue weighted by Gasteiger charge is -2.50. The van der Waals surface area contributed by atoms with E-state index in [1.807, 2.05) is 30.3 Å². The molecule has 13 heteroatoms. The molecule has 2 N–H and O–H groups in total. The maximum absolute atomic E-state index is 12.9. The van der Waals surface area contributed by atoms with Crippen LogP contribution in [0.15, 0.2) is 30.3 Å². The highest BCUT2D eigenvalue weighted by molar-refractivity contribution is 7.55. The summed E-state index contributed by atoms with van der Waals surface area (Å²) >= 11 is 0. The highest BCUT2D eigenvalue weighted by atomic mass is 31.1. The fourth-order valence-corrected chi connectivity index (χ4v) is 11.9. The Labute approximate surface area is 367 Å². The highest BCUT2D eigenvalue weighted by Crippen LogP contribution is 2.47. The van der Waals surface area contributed by atoms with Crippen molar-refractivity contribution >= 4 is 19.9 Å². The van der Waals surface area contributed by atoms with Gasteiger partial charge >= 0.3 is 12.1 Å². The molecular weight excluding hydrogens is 797 g/mol. The van der Waals surface area contributed by atoms with Crippen molar-refractivity contribution in [1.82, 2.24) is 5.32 Å². The van der Waals surface area contributed by atoms with E-state index in [-0.39, 0.29) is 84.6 Å². The van der Waals surface area contributed by atoms with Crippen molar-refractivity contribution in [1.29, 1.82) is 0 Å². The monoisotopic (exact) mass is 877 g/mol. The number of hydrogen-bond donors (Lipinski definition) is 2. The lowest BCUT2D eigenvalue weighted by atomic mass is 9.72. The normalized spacial score (nSPS) is 43.0. The van der Waals surface area contributed by atoms with Crippen LogP contribution in [0.4, 0.5) is 4.79 Å². The van der Waals surface area contributed by atoms with Crippen LogP contribution in [0.3, 0.4) is 0 Å². The van der Waals surface area contributed by atoms with Crippen molar-refractivity contribution in [2.45, 2.75) is 188 Å². The fourth-order valence-electron chi connectivity index (χ4n) is 11.2. The first-order chi connectivity index (χ1) is 29.3. The van der Waals surface area contributed by atoms with E-state index in [0.29, 0.717) is 19.1 Å². The predicted octanol–water partition coefficient (Wildman–Crippen LogP) is 8.70. The second-order valence-electron chi connectivity index (χ2n) is 18.8. The number of fused-ring (bicyclic) bond motifs is 1. The number of alkyl carbamates (subject to hydrolysis) is 1. The van der Waals surface area contributed by atoms with Gasteiger partial charge in [0.15, 0.2) is 18.9 Å². The summed E-state index contributed by atoms with van der Waals surface area (Å²) in [6, 6.07) is 9.39. The number of carbonyl (C=O) groups is 1. The van der Waals surface area contributed by atoms with Gasteiger partial charge in [0.1, 0.15) is 33.0 Å². The quantitative estimate of drug-likeness (QED) is 0.146. The second kappa shape index (κ2) is 22.5. The summed E-state index contributed by atoms with van der Waals surface area (Å²) in [6.07, 6.45) is 5.42. The second-order valence-corrected chi connectivity index (χ2v) is 20.8. The van der Waals surface area contributed by atoms with Crippen molar-refractivity contribution in [2.24, 2.45) is 47.3 Å². The molecule has 346 valence electrons. The number of hydrogen-bond acceptors (Lipinski definition) is 11. The topological polar surface area (TPSA) is 132 Å². The molecule has 4 aliphatic heterocycles. The molecule has 21 atom stereocenters. The van der Waals surface area contributed by atoms with Crippen LogP contribution in [0, 0.1) is 47.3 Å². The number of ether oxygens (including phenoxy) is 9. The first kappa shape index (κ1) is 48.7. The molecule has 12 nitrogen and oxygen atoms in total. The van der Waals surface area contributed by atoms with Gasteiger partial charge in [-0.25, -0.2) is 4.79 Å². The summed E-state index contributed by atoms with van der Waals surface area (Å²) in [6.45, 7) is 22.6. The van der Waals surface area contributed by atoms with Crippen LogP contribution in [-0.2, 0) is 49.2 Å². The Morgan fingerprint density at radius 1 is 0.770 bits per heavy atom. The molecule has 1 aliphatic carbocycles. The minimum atomic E-state index is -0.756. The van der Waals surface area contributed by atoms with Gasteiger partial charge in [0.2, 0.25) is 0 Å². The third kappa shape index (κ3) is 11.2. The average molecular weight is 877 g/mol. The Hall–Kier alpha value is -1.70. The molecule has 0 bridgehead atoms. The Morgan fingerprint density at radius 3 is 2.07 bits per heavy atom. The number of nitrogens with one attached hydrogen (secondary N) is 1. The largest absolute Gasteiger partial charge is 0.445 e. The Kier molecular flexibility index (Phi) is 18.0. The molecule has 0 radical (unpaired) electrons. The van der Waals surface area contributed by atoms with Crippen LogP contribution >= 0.6 is 7.55 Å². The molecule has 4 saturated heterocycles. The van der Waals surface area contributed by atoms with Crippen LogP contribution in [-0.4, -0.2) is 111 Å². The molecule has 1 saturated carbocycles. The molecule has 61 heavy (non-hydrogen) atoms. The SMILES string of the molecule is C=[P+](C)C1OCC2OC(OC3C(C)CC(C)C(O)C3OC3OC(CCC)C(OC4OC(CNC(=O)OCc5ccccc5)C(CC)C(CC)C4CC)C3C)C(C)C(CC)C2O1. The molecule has 0 spiro atoms. The smallest absolute Gasteiger partial charge is 0.407 e. The highest BCUT2D eigenvalue weighted by Gasteiger charge is 2.54.